The summed E-state index contributed by atoms with van der Waals surface area (Å²) in [6, 6.07) is 2.68. The van der Waals surface area contributed by atoms with E-state index in [4.69, 9.17) is 0 Å². The van der Waals surface area contributed by atoms with Gasteiger partial charge in [0.2, 0.25) is 0 Å². The summed E-state index contributed by atoms with van der Waals surface area (Å²) in [4.78, 5) is 3.09. The highest BCUT2D eigenvalue weighted by Crippen LogP contribution is 2.16. The lowest BCUT2D eigenvalue weighted by atomic mass is 10.1. The van der Waals surface area contributed by atoms with Gasteiger partial charge in [-0.05, 0) is 24.6 Å². The number of rotatable bonds is 5. The molecule has 68 valence electrons. The maximum absolute atomic E-state index is 3.47. The summed E-state index contributed by atoms with van der Waals surface area (Å²) in [5.74, 6) is 0. The molecule has 0 spiro atoms. The quantitative estimate of drug-likeness (QED) is 0.691. The maximum atomic E-state index is 3.47. The summed E-state index contributed by atoms with van der Waals surface area (Å²) in [6.45, 7) is 5.40. The van der Waals surface area contributed by atoms with Crippen molar-refractivity contribution in [3.8, 4) is 0 Å². The second-order valence-corrected chi connectivity index (χ2v) is 3.04. The number of nitrogens with one attached hydrogen (secondary N) is 2. The second kappa shape index (κ2) is 4.99. The zero-order chi connectivity index (χ0) is 8.81. The Balaban J connectivity index is 2.53. The van der Waals surface area contributed by atoms with E-state index < -0.39 is 0 Å². The highest BCUT2D eigenvalue weighted by Gasteiger charge is 2.07. The fourth-order valence-corrected chi connectivity index (χ4v) is 1.48. The molecule has 0 saturated heterocycles. The van der Waals surface area contributed by atoms with Crippen LogP contribution in [0.15, 0.2) is 18.5 Å². The molecule has 2 N–H and O–H groups in total. The highest BCUT2D eigenvalue weighted by molar-refractivity contribution is 5.13. The first-order valence-electron chi connectivity index (χ1n) is 4.74. The minimum atomic E-state index is 0.534. The van der Waals surface area contributed by atoms with Crippen LogP contribution in [0, 0.1) is 0 Å². The van der Waals surface area contributed by atoms with E-state index in [0.29, 0.717) is 6.04 Å². The van der Waals surface area contributed by atoms with Crippen LogP contribution in [-0.2, 0) is 0 Å². The largest absolute Gasteiger partial charge is 0.367 e. The van der Waals surface area contributed by atoms with E-state index in [-0.39, 0.29) is 0 Å². The lowest BCUT2D eigenvalue weighted by Gasteiger charge is -2.15. The molecule has 0 aliphatic rings. The zero-order valence-corrected chi connectivity index (χ0v) is 7.93. The second-order valence-electron chi connectivity index (χ2n) is 3.04. The topological polar surface area (TPSA) is 27.8 Å². The molecule has 0 bridgehead atoms. The van der Waals surface area contributed by atoms with Gasteiger partial charge in [0.05, 0.1) is 0 Å². The van der Waals surface area contributed by atoms with Gasteiger partial charge in [-0.3, -0.25) is 0 Å². The predicted molar refractivity (Wildman–Crippen MR) is 52.1 cm³/mol. The Morgan fingerprint density at radius 2 is 2.33 bits per heavy atom. The summed E-state index contributed by atoms with van der Waals surface area (Å²) in [6.07, 6.45) is 6.49. The first-order valence-corrected chi connectivity index (χ1v) is 4.74. The fourth-order valence-electron chi connectivity index (χ4n) is 1.48. The molecule has 0 aliphatic heterocycles. The minimum Gasteiger partial charge on any atom is -0.367 e. The summed E-state index contributed by atoms with van der Waals surface area (Å²) in [5.41, 5.74) is 1.37. The number of hydrogen-bond acceptors (Lipinski definition) is 1. The first-order chi connectivity index (χ1) is 5.88. The Kier molecular flexibility index (Phi) is 3.88. The Morgan fingerprint density at radius 1 is 1.50 bits per heavy atom. The number of aromatic nitrogens is 1. The molecule has 2 nitrogen and oxygen atoms in total. The first kappa shape index (κ1) is 9.33. The van der Waals surface area contributed by atoms with Gasteiger partial charge < -0.3 is 10.3 Å². The normalized spacial score (nSPS) is 13.2. The smallest absolute Gasteiger partial charge is 0.0334 e. The molecule has 1 rings (SSSR count). The molecule has 2 heteroatoms. The average molecular weight is 166 g/mol. The molecular weight excluding hydrogens is 148 g/mol. The van der Waals surface area contributed by atoms with Crippen molar-refractivity contribution in [3.63, 3.8) is 0 Å². The Morgan fingerprint density at radius 3 is 2.83 bits per heavy atom. The van der Waals surface area contributed by atoms with Crippen molar-refractivity contribution in [2.75, 3.05) is 6.54 Å². The minimum absolute atomic E-state index is 0.534. The third-order valence-corrected chi connectivity index (χ3v) is 2.05. The molecule has 12 heavy (non-hydrogen) atoms. The Bertz CT molecular complexity index is 186. The van der Waals surface area contributed by atoms with Crippen molar-refractivity contribution in [2.45, 2.75) is 32.7 Å². The summed E-state index contributed by atoms with van der Waals surface area (Å²) in [5, 5.41) is 3.47. The lowest BCUT2D eigenvalue weighted by Crippen LogP contribution is -2.20. The molecule has 0 saturated carbocycles. The van der Waals surface area contributed by atoms with Crippen molar-refractivity contribution < 1.29 is 0 Å². The molecule has 0 radical (unpaired) electrons. The van der Waals surface area contributed by atoms with Crippen molar-refractivity contribution in [3.05, 3.63) is 24.0 Å². The van der Waals surface area contributed by atoms with Crippen molar-refractivity contribution >= 4 is 0 Å². The predicted octanol–water partition coefficient (Wildman–Crippen LogP) is 2.47. The molecule has 1 atom stereocenters. The third-order valence-electron chi connectivity index (χ3n) is 2.05. The van der Waals surface area contributed by atoms with Gasteiger partial charge in [-0.15, -0.1) is 0 Å². The van der Waals surface area contributed by atoms with Crippen LogP contribution in [0.3, 0.4) is 0 Å². The summed E-state index contributed by atoms with van der Waals surface area (Å²) < 4.78 is 0. The Hall–Kier alpha value is -0.760. The van der Waals surface area contributed by atoms with E-state index in [2.05, 4.69) is 36.4 Å². The van der Waals surface area contributed by atoms with Crippen LogP contribution in [0.25, 0.3) is 0 Å². The monoisotopic (exact) mass is 166 g/mol. The molecule has 1 aromatic rings. The van der Waals surface area contributed by atoms with Crippen molar-refractivity contribution in [2.24, 2.45) is 0 Å². The van der Waals surface area contributed by atoms with E-state index in [1.54, 1.807) is 0 Å². The van der Waals surface area contributed by atoms with Crippen LogP contribution < -0.4 is 5.32 Å². The van der Waals surface area contributed by atoms with Gasteiger partial charge in [0.25, 0.3) is 0 Å². The van der Waals surface area contributed by atoms with Gasteiger partial charge in [0.15, 0.2) is 0 Å². The summed E-state index contributed by atoms with van der Waals surface area (Å²) in [7, 11) is 0. The van der Waals surface area contributed by atoms with Crippen LogP contribution in [0.2, 0.25) is 0 Å². The molecule has 0 amide bonds. The maximum Gasteiger partial charge on any atom is 0.0334 e. The van der Waals surface area contributed by atoms with Crippen LogP contribution >= 0.6 is 0 Å². The van der Waals surface area contributed by atoms with Crippen LogP contribution in [0.1, 0.15) is 38.3 Å². The van der Waals surface area contributed by atoms with Crippen LogP contribution in [0.4, 0.5) is 0 Å². The van der Waals surface area contributed by atoms with E-state index in [0.717, 1.165) is 6.54 Å². The van der Waals surface area contributed by atoms with Crippen molar-refractivity contribution in [1.29, 1.82) is 0 Å². The number of hydrogen-bond donors (Lipinski definition) is 2. The van der Waals surface area contributed by atoms with Crippen LogP contribution in [0.5, 0.6) is 0 Å². The highest BCUT2D eigenvalue weighted by atomic mass is 14.9. The van der Waals surface area contributed by atoms with E-state index in [9.17, 15) is 0 Å². The molecule has 1 unspecified atom stereocenters. The van der Waals surface area contributed by atoms with E-state index in [1.807, 2.05) is 6.20 Å². The van der Waals surface area contributed by atoms with Gasteiger partial charge in [-0.25, -0.2) is 0 Å². The zero-order valence-electron chi connectivity index (χ0n) is 7.93. The molecule has 1 aromatic heterocycles. The van der Waals surface area contributed by atoms with Gasteiger partial charge in [0.1, 0.15) is 0 Å². The lowest BCUT2D eigenvalue weighted by molar-refractivity contribution is 0.510. The number of aromatic amines is 1. The molecule has 0 aromatic carbocycles. The third kappa shape index (κ3) is 2.38. The molecular formula is C10H18N2. The van der Waals surface area contributed by atoms with Gasteiger partial charge in [0, 0.05) is 18.4 Å². The summed E-state index contributed by atoms with van der Waals surface area (Å²) >= 11 is 0. The van der Waals surface area contributed by atoms with Gasteiger partial charge >= 0.3 is 0 Å². The molecule has 0 fully saturated rings. The van der Waals surface area contributed by atoms with Crippen LogP contribution in [-0.4, -0.2) is 11.5 Å². The molecule has 0 aliphatic carbocycles. The Labute approximate surface area is 74.4 Å². The van der Waals surface area contributed by atoms with Crippen molar-refractivity contribution in [1.82, 2.24) is 10.3 Å². The van der Waals surface area contributed by atoms with Gasteiger partial charge in [-0.2, -0.15) is 0 Å². The van der Waals surface area contributed by atoms with Gasteiger partial charge in [-0.1, -0.05) is 20.3 Å². The molecule has 1 heterocycles. The SMILES string of the molecule is CCCC(NCC)c1cc[nH]c1. The number of H-pyrrole nitrogens is 1. The standard InChI is InChI=1S/C10H18N2/c1-3-5-10(12-4-2)9-6-7-11-8-9/h6-8,10-12H,3-5H2,1-2H3. The van der Waals surface area contributed by atoms with E-state index in [1.165, 1.54) is 18.4 Å². The average Bonchev–Trinajstić information content (AvgIpc) is 2.56. The fraction of sp³-hybridized carbons (Fsp3) is 0.600. The van der Waals surface area contributed by atoms with E-state index >= 15 is 0 Å².